The maximum atomic E-state index is 14.4. The first-order valence-electron chi connectivity index (χ1n) is 17.1. The number of benzene rings is 2. The van der Waals surface area contributed by atoms with Crippen molar-refractivity contribution in [2.45, 2.75) is 51.2 Å². The number of fused-ring (bicyclic) bond motifs is 2. The molecular weight excluding hydrogens is 684 g/mol. The van der Waals surface area contributed by atoms with Gasteiger partial charge in [-0.25, -0.2) is 9.78 Å². The minimum Gasteiger partial charge on any atom is -0.496 e. The van der Waals surface area contributed by atoms with E-state index in [2.05, 4.69) is 15.3 Å². The standard InChI is InChI=1S/C38H42N6O9/c1-37(2,3)53-36(47)42-14-8-12-38(21-42)22-43(20-28-30(51-5)17-26(50-4)18-31(28)52-6)35(46)27-19-29(40-33(27)38)23-11-13-39-32(16-23)41-34(45)24-9-7-10-25(15-24)44(48)49/h7,9-11,13,15-19,40H,8,12,14,20-22H2,1-6H3,(H,39,41,45). The molecule has 2 aliphatic heterocycles. The molecular formula is C38H42N6O9. The number of H-pyrrole nitrogens is 1. The molecule has 1 saturated heterocycles. The Hall–Kier alpha value is -6.12. The number of hydrogen-bond acceptors (Lipinski definition) is 10. The number of methoxy groups -OCH3 is 3. The fourth-order valence-corrected chi connectivity index (χ4v) is 7.00. The second kappa shape index (κ2) is 14.5. The topological polar surface area (TPSA) is 178 Å². The number of nitrogens with one attached hydrogen (secondary N) is 2. The van der Waals surface area contributed by atoms with Crippen molar-refractivity contribution in [3.05, 3.63) is 93.3 Å². The van der Waals surface area contributed by atoms with Crippen LogP contribution in [0.4, 0.5) is 16.3 Å². The van der Waals surface area contributed by atoms with Crippen molar-refractivity contribution in [1.82, 2.24) is 19.8 Å². The molecule has 2 aromatic carbocycles. The van der Waals surface area contributed by atoms with Crippen LogP contribution in [0.2, 0.25) is 0 Å². The van der Waals surface area contributed by atoms with Crippen molar-refractivity contribution in [1.29, 1.82) is 0 Å². The summed E-state index contributed by atoms with van der Waals surface area (Å²) in [6, 6.07) is 14.1. The number of rotatable bonds is 9. The van der Waals surface area contributed by atoms with Gasteiger partial charge in [0.05, 0.1) is 43.9 Å². The molecule has 1 atom stereocenters. The number of carbonyl (C=O) groups excluding carboxylic acids is 3. The smallest absolute Gasteiger partial charge is 0.410 e. The normalized spacial score (nSPS) is 16.9. The summed E-state index contributed by atoms with van der Waals surface area (Å²) in [6.45, 7) is 6.73. The summed E-state index contributed by atoms with van der Waals surface area (Å²) < 4.78 is 22.6. The Bertz CT molecular complexity index is 2050. The largest absolute Gasteiger partial charge is 0.496 e. The highest BCUT2D eigenvalue weighted by atomic mass is 16.6. The second-order valence-corrected chi connectivity index (χ2v) is 14.1. The third-order valence-electron chi connectivity index (χ3n) is 9.39. The van der Waals surface area contributed by atoms with Gasteiger partial charge in [-0.15, -0.1) is 0 Å². The Kier molecular flexibility index (Phi) is 10.0. The Morgan fingerprint density at radius 3 is 2.42 bits per heavy atom. The predicted molar refractivity (Wildman–Crippen MR) is 195 cm³/mol. The van der Waals surface area contributed by atoms with Gasteiger partial charge in [0.15, 0.2) is 0 Å². The van der Waals surface area contributed by atoms with Gasteiger partial charge in [0.25, 0.3) is 17.5 Å². The van der Waals surface area contributed by atoms with Crippen LogP contribution in [-0.4, -0.2) is 89.2 Å². The number of nitrogens with zero attached hydrogens (tertiary/aromatic N) is 4. The molecule has 53 heavy (non-hydrogen) atoms. The summed E-state index contributed by atoms with van der Waals surface area (Å²) in [6.07, 6.45) is 2.45. The molecule has 4 aromatic rings. The van der Waals surface area contributed by atoms with Gasteiger partial charge >= 0.3 is 6.09 Å². The van der Waals surface area contributed by atoms with Crippen LogP contribution in [0.5, 0.6) is 17.2 Å². The summed E-state index contributed by atoms with van der Waals surface area (Å²) >= 11 is 0. The first kappa shape index (κ1) is 36.7. The van der Waals surface area contributed by atoms with E-state index in [4.69, 9.17) is 18.9 Å². The van der Waals surface area contributed by atoms with Crippen molar-refractivity contribution in [2.24, 2.45) is 0 Å². The summed E-state index contributed by atoms with van der Waals surface area (Å²) in [5, 5.41) is 14.0. The zero-order valence-electron chi connectivity index (χ0n) is 30.5. The first-order chi connectivity index (χ1) is 25.2. The Morgan fingerprint density at radius 1 is 1.02 bits per heavy atom. The van der Waals surface area contributed by atoms with Gasteiger partial charge in [0, 0.05) is 78.0 Å². The second-order valence-electron chi connectivity index (χ2n) is 14.1. The lowest BCUT2D eigenvalue weighted by molar-refractivity contribution is -0.384. The molecule has 15 heteroatoms. The average Bonchev–Trinajstić information content (AvgIpc) is 3.61. The molecule has 4 heterocycles. The highest BCUT2D eigenvalue weighted by Crippen LogP contribution is 2.44. The van der Waals surface area contributed by atoms with E-state index in [1.807, 2.05) is 20.8 Å². The minimum atomic E-state index is -0.688. The number of nitro benzene ring substituents is 1. The molecule has 1 spiro atoms. The summed E-state index contributed by atoms with van der Waals surface area (Å²) in [4.78, 5) is 62.8. The van der Waals surface area contributed by atoms with Crippen molar-refractivity contribution in [2.75, 3.05) is 46.3 Å². The number of carbonyl (C=O) groups is 3. The van der Waals surface area contributed by atoms with Crippen LogP contribution in [-0.2, 0) is 16.7 Å². The Labute approximate surface area is 306 Å². The van der Waals surface area contributed by atoms with Gasteiger partial charge in [-0.05, 0) is 57.9 Å². The van der Waals surface area contributed by atoms with Crippen molar-refractivity contribution < 1.29 is 38.3 Å². The van der Waals surface area contributed by atoms with Crippen LogP contribution in [0.3, 0.4) is 0 Å². The number of aromatic amines is 1. The number of ether oxygens (including phenoxy) is 4. The number of likely N-dealkylation sites (tertiary alicyclic amines) is 1. The third-order valence-corrected chi connectivity index (χ3v) is 9.39. The molecule has 0 bridgehead atoms. The lowest BCUT2D eigenvalue weighted by Gasteiger charge is -2.47. The molecule has 1 fully saturated rings. The average molecular weight is 727 g/mol. The zero-order chi connectivity index (χ0) is 38.1. The van der Waals surface area contributed by atoms with Crippen LogP contribution in [0.25, 0.3) is 11.3 Å². The van der Waals surface area contributed by atoms with Crippen LogP contribution in [0.15, 0.2) is 60.8 Å². The quantitative estimate of drug-likeness (QED) is 0.149. The summed E-state index contributed by atoms with van der Waals surface area (Å²) in [7, 11) is 4.64. The molecule has 2 N–H and O–H groups in total. The van der Waals surface area contributed by atoms with E-state index in [1.165, 1.54) is 30.5 Å². The Morgan fingerprint density at radius 2 is 1.75 bits per heavy atom. The summed E-state index contributed by atoms with van der Waals surface area (Å²) in [5.74, 6) is 0.957. The maximum Gasteiger partial charge on any atom is 0.410 e. The molecule has 0 saturated carbocycles. The van der Waals surface area contributed by atoms with E-state index in [0.29, 0.717) is 71.3 Å². The van der Waals surface area contributed by atoms with Gasteiger partial charge in [-0.2, -0.15) is 0 Å². The number of aromatic nitrogens is 2. The number of non-ortho nitro benzene ring substituents is 1. The Balaban J connectivity index is 1.38. The van der Waals surface area contributed by atoms with Gasteiger partial charge in [-0.1, -0.05) is 6.07 Å². The molecule has 0 aliphatic carbocycles. The highest BCUT2D eigenvalue weighted by molar-refractivity contribution is 6.04. The fourth-order valence-electron chi connectivity index (χ4n) is 7.00. The predicted octanol–water partition coefficient (Wildman–Crippen LogP) is 6.19. The molecule has 278 valence electrons. The molecule has 1 unspecified atom stereocenters. The van der Waals surface area contributed by atoms with E-state index in [1.54, 1.807) is 61.5 Å². The molecule has 3 amide bonds. The van der Waals surface area contributed by atoms with Gasteiger partial charge in [-0.3, -0.25) is 19.7 Å². The van der Waals surface area contributed by atoms with E-state index in [0.717, 1.165) is 0 Å². The number of piperidine rings is 1. The molecule has 2 aliphatic rings. The van der Waals surface area contributed by atoms with E-state index in [-0.39, 0.29) is 36.1 Å². The first-order valence-corrected chi connectivity index (χ1v) is 17.1. The lowest BCUT2D eigenvalue weighted by atomic mass is 9.73. The fraction of sp³-hybridized carbons (Fsp3) is 0.368. The molecule has 2 aromatic heterocycles. The SMILES string of the molecule is COc1cc(OC)c(CN2CC3(CCCN(C(=O)OC(C)(C)C)C3)c3[nH]c(-c4ccnc(NC(=O)c5cccc([N+](=O)[O-])c5)c4)cc3C2=O)c(OC)c1. The van der Waals surface area contributed by atoms with Crippen LogP contribution in [0, 0.1) is 10.1 Å². The third kappa shape index (κ3) is 7.59. The molecule has 6 rings (SSSR count). The van der Waals surface area contributed by atoms with Crippen molar-refractivity contribution in [3.8, 4) is 28.5 Å². The van der Waals surface area contributed by atoms with Gasteiger partial charge in [0.2, 0.25) is 0 Å². The van der Waals surface area contributed by atoms with Crippen molar-refractivity contribution in [3.63, 3.8) is 0 Å². The lowest BCUT2D eigenvalue weighted by Crippen LogP contribution is -2.58. The summed E-state index contributed by atoms with van der Waals surface area (Å²) in [5.41, 5.74) is 1.58. The number of nitro groups is 1. The number of pyridine rings is 1. The van der Waals surface area contributed by atoms with E-state index < -0.39 is 27.9 Å². The molecule has 15 nitrogen and oxygen atoms in total. The number of anilines is 1. The highest BCUT2D eigenvalue weighted by Gasteiger charge is 2.48. The van der Waals surface area contributed by atoms with Crippen LogP contribution < -0.4 is 19.5 Å². The number of amides is 3. The molecule has 0 radical (unpaired) electrons. The maximum absolute atomic E-state index is 14.4. The monoisotopic (exact) mass is 726 g/mol. The van der Waals surface area contributed by atoms with Gasteiger partial charge in [0.1, 0.15) is 28.7 Å². The minimum absolute atomic E-state index is 0.103. The van der Waals surface area contributed by atoms with Gasteiger partial charge < -0.3 is 39.0 Å². The van der Waals surface area contributed by atoms with Crippen LogP contribution >= 0.6 is 0 Å². The van der Waals surface area contributed by atoms with E-state index in [9.17, 15) is 24.5 Å². The van der Waals surface area contributed by atoms with Crippen molar-refractivity contribution >= 4 is 29.4 Å². The van der Waals surface area contributed by atoms with E-state index >= 15 is 0 Å². The zero-order valence-corrected chi connectivity index (χ0v) is 30.5. The van der Waals surface area contributed by atoms with Crippen LogP contribution in [0.1, 0.15) is 65.6 Å². The number of hydrogen-bond donors (Lipinski definition) is 2.